The van der Waals surface area contributed by atoms with E-state index >= 15 is 0 Å². The maximum Gasteiger partial charge on any atom is 0.204 e. The molecule has 2 heterocycles. The molecule has 0 bridgehead atoms. The normalized spacial score (nSPS) is 16.5. The Bertz CT molecular complexity index is 592. The van der Waals surface area contributed by atoms with Gasteiger partial charge in [-0.1, -0.05) is 36.8 Å². The lowest BCUT2D eigenvalue weighted by Gasteiger charge is -2.30. The number of likely N-dealkylation sites (tertiary alicyclic amines) is 1. The van der Waals surface area contributed by atoms with Crippen LogP contribution in [0.2, 0.25) is 0 Å². The van der Waals surface area contributed by atoms with Gasteiger partial charge in [0.15, 0.2) is 0 Å². The van der Waals surface area contributed by atoms with Gasteiger partial charge in [-0.25, -0.2) is 0 Å². The summed E-state index contributed by atoms with van der Waals surface area (Å²) in [7, 11) is 0. The van der Waals surface area contributed by atoms with Gasteiger partial charge in [0.1, 0.15) is 0 Å². The Morgan fingerprint density at radius 1 is 1.00 bits per heavy atom. The number of piperidine rings is 1. The number of benzene rings is 1. The number of aryl methyl sites for hydroxylation is 1. The molecule has 0 amide bonds. The number of tetrazole rings is 1. The lowest BCUT2D eigenvalue weighted by atomic mass is 9.98. The van der Waals surface area contributed by atoms with Crippen LogP contribution in [0.1, 0.15) is 32.1 Å². The highest BCUT2D eigenvalue weighted by molar-refractivity contribution is 5.52. The van der Waals surface area contributed by atoms with E-state index in [0.29, 0.717) is 18.3 Å². The fourth-order valence-electron chi connectivity index (χ4n) is 3.20. The van der Waals surface area contributed by atoms with Crippen molar-refractivity contribution in [3.63, 3.8) is 0 Å². The average molecular weight is 329 g/mol. The van der Waals surface area contributed by atoms with Gasteiger partial charge in [0.25, 0.3) is 0 Å². The topological polar surface area (TPSA) is 67.1 Å². The van der Waals surface area contributed by atoms with Crippen LogP contribution < -0.4 is 0 Å². The van der Waals surface area contributed by atoms with Crippen molar-refractivity contribution in [3.05, 3.63) is 30.3 Å². The summed E-state index contributed by atoms with van der Waals surface area (Å²) in [6.45, 7) is 4.61. The van der Waals surface area contributed by atoms with Crippen LogP contribution in [-0.2, 0) is 6.54 Å². The zero-order chi connectivity index (χ0) is 16.6. The summed E-state index contributed by atoms with van der Waals surface area (Å²) in [6, 6.07) is 9.96. The van der Waals surface area contributed by atoms with E-state index in [1.54, 1.807) is 4.80 Å². The third-order valence-electron chi connectivity index (χ3n) is 4.78. The summed E-state index contributed by atoms with van der Waals surface area (Å²) in [6.07, 6.45) is 5.76. The first-order valence-electron chi connectivity index (χ1n) is 9.01. The zero-order valence-electron chi connectivity index (χ0n) is 14.2. The smallest absolute Gasteiger partial charge is 0.204 e. The van der Waals surface area contributed by atoms with Crippen molar-refractivity contribution in [2.24, 2.45) is 5.92 Å². The molecule has 1 saturated heterocycles. The molecular weight excluding hydrogens is 302 g/mol. The summed E-state index contributed by atoms with van der Waals surface area (Å²) in [5.41, 5.74) is 1.01. The molecule has 0 unspecified atom stereocenters. The molecule has 0 saturated carbocycles. The van der Waals surface area contributed by atoms with Gasteiger partial charge in [-0.15, -0.1) is 10.2 Å². The number of unbranched alkanes of at least 4 members (excludes halogenated alkanes) is 2. The van der Waals surface area contributed by atoms with Gasteiger partial charge in [-0.2, -0.15) is 4.80 Å². The van der Waals surface area contributed by atoms with Crippen molar-refractivity contribution in [2.45, 2.75) is 38.6 Å². The van der Waals surface area contributed by atoms with Crippen LogP contribution in [0, 0.1) is 5.92 Å². The molecule has 6 heteroatoms. The Morgan fingerprint density at radius 2 is 1.75 bits per heavy atom. The molecule has 24 heavy (non-hydrogen) atoms. The molecule has 1 aromatic carbocycles. The second-order valence-corrected chi connectivity index (χ2v) is 6.60. The first-order chi connectivity index (χ1) is 11.8. The van der Waals surface area contributed by atoms with Crippen molar-refractivity contribution >= 4 is 0 Å². The monoisotopic (exact) mass is 329 g/mol. The molecule has 130 valence electrons. The summed E-state index contributed by atoms with van der Waals surface area (Å²) in [5, 5.41) is 21.9. The number of aliphatic hydroxyl groups excluding tert-OH is 1. The van der Waals surface area contributed by atoms with E-state index in [-0.39, 0.29) is 0 Å². The minimum Gasteiger partial charge on any atom is -0.396 e. The lowest BCUT2D eigenvalue weighted by molar-refractivity contribution is 0.130. The number of nitrogens with zero attached hydrogens (tertiary/aromatic N) is 5. The van der Waals surface area contributed by atoms with Gasteiger partial charge in [0, 0.05) is 12.2 Å². The highest BCUT2D eigenvalue weighted by Crippen LogP contribution is 2.17. The zero-order valence-corrected chi connectivity index (χ0v) is 14.2. The van der Waals surface area contributed by atoms with Crippen LogP contribution in [0.3, 0.4) is 0 Å². The van der Waals surface area contributed by atoms with Crippen LogP contribution in [0.5, 0.6) is 0 Å². The minimum absolute atomic E-state index is 0.351. The first-order valence-corrected chi connectivity index (χ1v) is 9.01. The maximum absolute atomic E-state index is 9.17. The van der Waals surface area contributed by atoms with Crippen molar-refractivity contribution in [1.29, 1.82) is 0 Å². The van der Waals surface area contributed by atoms with E-state index in [4.69, 9.17) is 5.11 Å². The fourth-order valence-corrected chi connectivity index (χ4v) is 3.20. The molecular formula is C18H27N5O. The molecule has 0 atom stereocenters. The first kappa shape index (κ1) is 17.0. The quantitative estimate of drug-likeness (QED) is 0.752. The number of hydrogen-bond donors (Lipinski definition) is 1. The Hall–Kier alpha value is -1.79. The van der Waals surface area contributed by atoms with Crippen LogP contribution in [0.25, 0.3) is 11.4 Å². The SMILES string of the molecule is OCC1CCN(CCCCCn2nnc(-c3ccccc3)n2)CC1. The molecule has 1 aliphatic heterocycles. The predicted octanol–water partition coefficient (Wildman–Crippen LogP) is 2.21. The lowest BCUT2D eigenvalue weighted by Crippen LogP contribution is -2.35. The van der Waals surface area contributed by atoms with E-state index in [2.05, 4.69) is 20.3 Å². The second-order valence-electron chi connectivity index (χ2n) is 6.60. The molecule has 1 aliphatic rings. The molecule has 2 aromatic rings. The summed E-state index contributed by atoms with van der Waals surface area (Å²) in [4.78, 5) is 4.22. The Morgan fingerprint density at radius 3 is 2.50 bits per heavy atom. The number of hydrogen-bond acceptors (Lipinski definition) is 5. The van der Waals surface area contributed by atoms with Crippen LogP contribution in [-0.4, -0.2) is 56.5 Å². The standard InChI is InChI=1S/C18H27N5O/c24-15-16-9-13-22(14-10-16)11-5-2-6-12-23-20-18(19-21-23)17-7-3-1-4-8-17/h1,3-4,7-8,16,24H,2,5-6,9-15H2. The van der Waals surface area contributed by atoms with Gasteiger partial charge in [0.05, 0.1) is 6.54 Å². The third-order valence-corrected chi connectivity index (χ3v) is 4.78. The summed E-state index contributed by atoms with van der Waals surface area (Å²) in [5.74, 6) is 1.22. The van der Waals surface area contributed by atoms with Crippen molar-refractivity contribution in [1.82, 2.24) is 25.1 Å². The maximum atomic E-state index is 9.17. The Labute approximate surface area is 143 Å². The highest BCUT2D eigenvalue weighted by atomic mass is 16.3. The predicted molar refractivity (Wildman–Crippen MR) is 93.4 cm³/mol. The molecule has 1 fully saturated rings. The molecule has 0 radical (unpaired) electrons. The minimum atomic E-state index is 0.351. The van der Waals surface area contributed by atoms with E-state index in [9.17, 15) is 0 Å². The van der Waals surface area contributed by atoms with Crippen molar-refractivity contribution in [2.75, 3.05) is 26.2 Å². The Balaban J connectivity index is 1.32. The Kier molecular flexibility index (Phi) is 6.32. The average Bonchev–Trinajstić information content (AvgIpc) is 3.12. The second kappa shape index (κ2) is 8.89. The van der Waals surface area contributed by atoms with Crippen LogP contribution in [0.4, 0.5) is 0 Å². The van der Waals surface area contributed by atoms with Gasteiger partial charge < -0.3 is 10.0 Å². The van der Waals surface area contributed by atoms with Crippen LogP contribution >= 0.6 is 0 Å². The molecule has 6 nitrogen and oxygen atoms in total. The fraction of sp³-hybridized carbons (Fsp3) is 0.611. The van der Waals surface area contributed by atoms with Gasteiger partial charge in [-0.3, -0.25) is 0 Å². The molecule has 1 N–H and O–H groups in total. The van der Waals surface area contributed by atoms with Gasteiger partial charge in [0.2, 0.25) is 5.82 Å². The molecule has 0 aliphatic carbocycles. The largest absolute Gasteiger partial charge is 0.396 e. The number of aromatic nitrogens is 4. The number of aliphatic hydroxyl groups is 1. The number of rotatable bonds is 8. The van der Waals surface area contributed by atoms with Crippen molar-refractivity contribution < 1.29 is 5.11 Å². The van der Waals surface area contributed by atoms with E-state index < -0.39 is 0 Å². The third kappa shape index (κ3) is 4.85. The summed E-state index contributed by atoms with van der Waals surface area (Å²) < 4.78 is 0. The van der Waals surface area contributed by atoms with E-state index in [1.165, 1.54) is 12.8 Å². The molecule has 3 rings (SSSR count). The van der Waals surface area contributed by atoms with Crippen molar-refractivity contribution in [3.8, 4) is 11.4 Å². The molecule has 0 spiro atoms. The van der Waals surface area contributed by atoms with E-state index in [1.807, 2.05) is 30.3 Å². The molecule has 1 aromatic heterocycles. The van der Waals surface area contributed by atoms with Gasteiger partial charge >= 0.3 is 0 Å². The summed E-state index contributed by atoms with van der Waals surface area (Å²) >= 11 is 0. The van der Waals surface area contributed by atoms with Gasteiger partial charge in [-0.05, 0) is 56.4 Å². The van der Waals surface area contributed by atoms with Crippen LogP contribution in [0.15, 0.2) is 30.3 Å². The highest BCUT2D eigenvalue weighted by Gasteiger charge is 2.17. The van der Waals surface area contributed by atoms with E-state index in [0.717, 1.165) is 51.0 Å².